The molecule has 0 spiro atoms. The van der Waals surface area contributed by atoms with E-state index >= 15 is 0 Å². The van der Waals surface area contributed by atoms with Crippen molar-refractivity contribution in [3.63, 3.8) is 0 Å². The molecule has 5 nitrogen and oxygen atoms in total. The van der Waals surface area contributed by atoms with Crippen molar-refractivity contribution in [3.8, 4) is 0 Å². The minimum atomic E-state index is -0.919. The highest BCUT2D eigenvalue weighted by molar-refractivity contribution is 6.32. The van der Waals surface area contributed by atoms with Gasteiger partial charge in [-0.15, -0.1) is 0 Å². The zero-order chi connectivity index (χ0) is 17.8. The smallest absolute Gasteiger partial charge is 0.342 e. The number of carbonyl (C=O) groups excluding carboxylic acids is 2. The van der Waals surface area contributed by atoms with Crippen molar-refractivity contribution in [1.29, 1.82) is 0 Å². The number of aryl methyl sites for hydroxylation is 1. The van der Waals surface area contributed by atoms with Crippen LogP contribution in [0.1, 0.15) is 47.3 Å². The van der Waals surface area contributed by atoms with E-state index in [-0.39, 0.29) is 22.7 Å². The van der Waals surface area contributed by atoms with Crippen molar-refractivity contribution in [1.82, 2.24) is 10.3 Å². The van der Waals surface area contributed by atoms with Gasteiger partial charge in [0.05, 0.1) is 11.6 Å². The maximum Gasteiger partial charge on any atom is 0.342 e. The fraction of sp³-hybridized carbons (Fsp3) is 0.316. The second kappa shape index (κ2) is 7.66. The molecule has 25 heavy (non-hydrogen) atoms. The number of amides is 1. The van der Waals surface area contributed by atoms with Crippen molar-refractivity contribution >= 4 is 23.5 Å². The van der Waals surface area contributed by atoms with Crippen LogP contribution >= 0.6 is 11.6 Å². The first kappa shape index (κ1) is 17.4. The molecule has 0 fully saturated rings. The van der Waals surface area contributed by atoms with Crippen molar-refractivity contribution in [3.05, 3.63) is 64.4 Å². The van der Waals surface area contributed by atoms with E-state index in [9.17, 15) is 9.59 Å². The number of hydrogen-bond acceptors (Lipinski definition) is 4. The van der Waals surface area contributed by atoms with Crippen LogP contribution in [-0.2, 0) is 16.0 Å². The Bertz CT molecular complexity index is 794. The molecule has 0 radical (unpaired) electrons. The minimum absolute atomic E-state index is 0.0550. The largest absolute Gasteiger partial charge is 0.449 e. The Balaban J connectivity index is 1.64. The molecule has 3 rings (SSSR count). The number of fused-ring (bicyclic) bond motifs is 1. The van der Waals surface area contributed by atoms with Gasteiger partial charge in [0.2, 0.25) is 0 Å². The number of esters is 1. The number of nitrogens with zero attached hydrogens (tertiary/aromatic N) is 1. The Morgan fingerprint density at radius 3 is 2.88 bits per heavy atom. The fourth-order valence-corrected chi connectivity index (χ4v) is 3.21. The van der Waals surface area contributed by atoms with Crippen LogP contribution in [0.2, 0.25) is 5.15 Å². The third kappa shape index (κ3) is 3.99. The number of halogens is 1. The second-order valence-corrected chi connectivity index (χ2v) is 6.40. The van der Waals surface area contributed by atoms with E-state index in [4.69, 9.17) is 16.3 Å². The molecule has 1 aromatic carbocycles. The average Bonchev–Trinajstić information content (AvgIpc) is 2.62. The number of carbonyl (C=O) groups is 2. The zero-order valence-corrected chi connectivity index (χ0v) is 14.6. The monoisotopic (exact) mass is 358 g/mol. The Hall–Kier alpha value is -2.40. The van der Waals surface area contributed by atoms with Gasteiger partial charge in [0.1, 0.15) is 5.15 Å². The van der Waals surface area contributed by atoms with Crippen LogP contribution in [0.5, 0.6) is 0 Å². The van der Waals surface area contributed by atoms with Gasteiger partial charge in [-0.1, -0.05) is 35.9 Å². The summed E-state index contributed by atoms with van der Waals surface area (Å²) in [5, 5.41) is 3.04. The van der Waals surface area contributed by atoms with Crippen LogP contribution in [0.15, 0.2) is 42.6 Å². The standard InChI is InChI=1S/C19H19ClN2O3/c1-12(25-19(24)15-9-5-11-21-17(15)20)18(23)22-16-10-4-7-13-6-2-3-8-14(13)16/h2-3,5-6,8-9,11-12,16H,4,7,10H2,1H3,(H,22,23)/t12-,16+/m1/s1. The predicted octanol–water partition coefficient (Wildman–Crippen LogP) is 3.47. The van der Waals surface area contributed by atoms with Crippen LogP contribution < -0.4 is 5.32 Å². The van der Waals surface area contributed by atoms with Crippen molar-refractivity contribution in [2.75, 3.05) is 0 Å². The average molecular weight is 359 g/mol. The van der Waals surface area contributed by atoms with Crippen LogP contribution in [-0.4, -0.2) is 23.0 Å². The van der Waals surface area contributed by atoms with E-state index < -0.39 is 12.1 Å². The highest BCUT2D eigenvalue weighted by atomic mass is 35.5. The molecule has 0 unspecified atom stereocenters. The molecule has 1 aromatic heterocycles. The van der Waals surface area contributed by atoms with Crippen molar-refractivity contribution in [2.45, 2.75) is 38.3 Å². The summed E-state index contributed by atoms with van der Waals surface area (Å²) < 4.78 is 5.23. The number of pyridine rings is 1. The number of rotatable bonds is 4. The quantitative estimate of drug-likeness (QED) is 0.671. The van der Waals surface area contributed by atoms with Gasteiger partial charge in [-0.3, -0.25) is 4.79 Å². The number of ether oxygens (including phenoxy) is 1. The summed E-state index contributed by atoms with van der Waals surface area (Å²) in [6, 6.07) is 11.1. The van der Waals surface area contributed by atoms with Crippen LogP contribution in [0, 0.1) is 0 Å². The molecular weight excluding hydrogens is 340 g/mol. The first-order chi connectivity index (χ1) is 12.1. The summed E-state index contributed by atoms with van der Waals surface area (Å²) in [6.45, 7) is 1.55. The molecule has 1 N–H and O–H groups in total. The second-order valence-electron chi connectivity index (χ2n) is 6.04. The Morgan fingerprint density at radius 2 is 2.08 bits per heavy atom. The van der Waals surface area contributed by atoms with Gasteiger partial charge in [0, 0.05) is 6.20 Å². The Kier molecular flexibility index (Phi) is 5.34. The highest BCUT2D eigenvalue weighted by Crippen LogP contribution is 2.29. The molecule has 0 saturated carbocycles. The van der Waals surface area contributed by atoms with E-state index in [1.54, 1.807) is 13.0 Å². The Morgan fingerprint density at radius 1 is 1.28 bits per heavy atom. The van der Waals surface area contributed by atoms with Crippen LogP contribution in [0.25, 0.3) is 0 Å². The third-order valence-corrected chi connectivity index (χ3v) is 4.62. The summed E-state index contributed by atoms with van der Waals surface area (Å²) in [4.78, 5) is 28.4. The molecule has 0 saturated heterocycles. The summed E-state index contributed by atoms with van der Waals surface area (Å²) in [5.41, 5.74) is 2.54. The topological polar surface area (TPSA) is 68.3 Å². The van der Waals surface area contributed by atoms with Crippen molar-refractivity contribution in [2.24, 2.45) is 0 Å². The molecule has 6 heteroatoms. The van der Waals surface area contributed by atoms with E-state index in [0.717, 1.165) is 24.8 Å². The molecule has 0 bridgehead atoms. The summed E-state index contributed by atoms with van der Waals surface area (Å²) >= 11 is 5.88. The first-order valence-corrected chi connectivity index (χ1v) is 8.63. The lowest BCUT2D eigenvalue weighted by Crippen LogP contribution is -2.39. The molecule has 1 aliphatic carbocycles. The maximum absolute atomic E-state index is 12.4. The number of nitrogens with one attached hydrogen (secondary N) is 1. The van der Waals surface area contributed by atoms with Gasteiger partial charge >= 0.3 is 5.97 Å². The molecule has 130 valence electrons. The number of aromatic nitrogens is 1. The van der Waals surface area contributed by atoms with E-state index in [2.05, 4.69) is 16.4 Å². The van der Waals surface area contributed by atoms with E-state index in [0.29, 0.717) is 0 Å². The van der Waals surface area contributed by atoms with E-state index in [1.807, 2.05) is 18.2 Å². The third-order valence-electron chi connectivity index (χ3n) is 4.32. The predicted molar refractivity (Wildman–Crippen MR) is 94.4 cm³/mol. The zero-order valence-electron chi connectivity index (χ0n) is 13.9. The molecule has 1 amide bonds. The lowest BCUT2D eigenvalue weighted by Gasteiger charge is -2.27. The van der Waals surface area contributed by atoms with E-state index in [1.165, 1.54) is 17.8 Å². The molecular formula is C19H19ClN2O3. The highest BCUT2D eigenvalue weighted by Gasteiger charge is 2.26. The van der Waals surface area contributed by atoms with Gasteiger partial charge in [0.15, 0.2) is 6.10 Å². The molecule has 1 aliphatic rings. The summed E-state index contributed by atoms with van der Waals surface area (Å²) in [5.74, 6) is -0.986. The SMILES string of the molecule is C[C@@H](OC(=O)c1cccnc1Cl)C(=O)N[C@H]1CCCc2ccccc21. The number of hydrogen-bond donors (Lipinski definition) is 1. The summed E-state index contributed by atoms with van der Waals surface area (Å²) in [6.07, 6.45) is 3.47. The summed E-state index contributed by atoms with van der Waals surface area (Å²) in [7, 11) is 0. The fourth-order valence-electron chi connectivity index (χ4n) is 3.01. The lowest BCUT2D eigenvalue weighted by molar-refractivity contribution is -0.130. The first-order valence-electron chi connectivity index (χ1n) is 8.26. The van der Waals surface area contributed by atoms with Gasteiger partial charge in [-0.2, -0.15) is 0 Å². The van der Waals surface area contributed by atoms with Gasteiger partial charge in [-0.05, 0) is 49.4 Å². The normalized spacial score (nSPS) is 17.3. The van der Waals surface area contributed by atoms with Crippen LogP contribution in [0.4, 0.5) is 0 Å². The van der Waals surface area contributed by atoms with Gasteiger partial charge in [-0.25, -0.2) is 9.78 Å². The van der Waals surface area contributed by atoms with Gasteiger partial charge < -0.3 is 10.1 Å². The molecule has 1 heterocycles. The Labute approximate surface area is 151 Å². The lowest BCUT2D eigenvalue weighted by atomic mass is 9.87. The minimum Gasteiger partial charge on any atom is -0.449 e. The molecule has 2 aromatic rings. The van der Waals surface area contributed by atoms with Crippen LogP contribution in [0.3, 0.4) is 0 Å². The number of benzene rings is 1. The molecule has 2 atom stereocenters. The maximum atomic E-state index is 12.4. The van der Waals surface area contributed by atoms with Gasteiger partial charge in [0.25, 0.3) is 5.91 Å². The van der Waals surface area contributed by atoms with Crippen molar-refractivity contribution < 1.29 is 14.3 Å². The molecule has 0 aliphatic heterocycles.